The molecule has 0 saturated carbocycles. The minimum Gasteiger partial charge on any atom is -0.352 e. The van der Waals surface area contributed by atoms with Gasteiger partial charge in [-0.25, -0.2) is 0 Å². The van der Waals surface area contributed by atoms with Crippen LogP contribution in [0.3, 0.4) is 0 Å². The number of nitrogens with zero attached hydrogens (tertiary/aromatic N) is 4. The van der Waals surface area contributed by atoms with Crippen LogP contribution >= 0.6 is 23.8 Å². The van der Waals surface area contributed by atoms with E-state index in [1.807, 2.05) is 42.7 Å². The number of nitrogens with one attached hydrogen (secondary N) is 1. The Kier molecular flexibility index (Phi) is 6.11. The van der Waals surface area contributed by atoms with Gasteiger partial charge in [0, 0.05) is 47.2 Å². The van der Waals surface area contributed by atoms with E-state index in [-0.39, 0.29) is 12.1 Å². The van der Waals surface area contributed by atoms with E-state index in [4.69, 9.17) is 23.8 Å². The van der Waals surface area contributed by atoms with E-state index < -0.39 is 0 Å². The Labute approximate surface area is 210 Å². The highest BCUT2D eigenvalue weighted by Gasteiger charge is 2.41. The monoisotopic (exact) mass is 487 g/mol. The van der Waals surface area contributed by atoms with Gasteiger partial charge in [-0.2, -0.15) is 0 Å². The van der Waals surface area contributed by atoms with Crippen molar-refractivity contribution in [2.24, 2.45) is 0 Å². The first-order valence-electron chi connectivity index (χ1n) is 11.3. The third-order valence-electron chi connectivity index (χ3n) is 6.47. The lowest BCUT2D eigenvalue weighted by molar-refractivity contribution is 0.310. The van der Waals surface area contributed by atoms with Crippen molar-refractivity contribution in [1.29, 1.82) is 0 Å². The number of benzene rings is 1. The van der Waals surface area contributed by atoms with Crippen molar-refractivity contribution in [1.82, 2.24) is 24.8 Å². The molecule has 2 atom stereocenters. The molecule has 0 unspecified atom stereocenters. The van der Waals surface area contributed by atoms with Crippen LogP contribution in [0, 0.1) is 20.8 Å². The van der Waals surface area contributed by atoms with Crippen molar-refractivity contribution in [2.75, 3.05) is 0 Å². The molecular weight excluding hydrogens is 462 g/mol. The van der Waals surface area contributed by atoms with E-state index in [2.05, 4.69) is 69.8 Å². The molecule has 1 aromatic carbocycles. The van der Waals surface area contributed by atoms with Crippen molar-refractivity contribution >= 4 is 28.9 Å². The van der Waals surface area contributed by atoms with Crippen LogP contribution in [-0.4, -0.2) is 24.5 Å². The molecule has 1 N–H and O–H groups in total. The molecule has 0 radical (unpaired) electrons. The zero-order valence-electron chi connectivity index (χ0n) is 19.4. The number of halogens is 1. The zero-order valence-corrected chi connectivity index (χ0v) is 20.9. The lowest BCUT2D eigenvalue weighted by Crippen LogP contribution is -2.29. The second-order valence-corrected chi connectivity index (χ2v) is 9.53. The van der Waals surface area contributed by atoms with Crippen LogP contribution < -0.4 is 5.32 Å². The number of aryl methyl sites for hydroxylation is 2. The molecule has 0 amide bonds. The number of rotatable bonds is 5. The van der Waals surface area contributed by atoms with Gasteiger partial charge in [0.05, 0.1) is 17.8 Å². The van der Waals surface area contributed by atoms with Crippen LogP contribution in [0.2, 0.25) is 5.02 Å². The Hall–Kier alpha value is -3.22. The normalized spacial score (nSPS) is 17.8. The van der Waals surface area contributed by atoms with E-state index in [1.165, 1.54) is 11.1 Å². The number of aromatic nitrogens is 3. The summed E-state index contributed by atoms with van der Waals surface area (Å²) < 4.78 is 2.29. The number of hydrogen-bond acceptors (Lipinski definition) is 3. The Balaban J connectivity index is 1.64. The first-order valence-corrected chi connectivity index (χ1v) is 12.0. The number of hydrogen-bond donors (Lipinski definition) is 1. The topological polar surface area (TPSA) is 46.0 Å². The smallest absolute Gasteiger partial charge is 0.170 e. The predicted octanol–water partition coefficient (Wildman–Crippen LogP) is 6.02. The van der Waals surface area contributed by atoms with Gasteiger partial charge in [-0.05, 0) is 86.1 Å². The first-order chi connectivity index (χ1) is 16.4. The average molecular weight is 488 g/mol. The standard InChI is InChI=1S/C27H26ClN5S/c1-17-9-10-21(28)14-24(17)33-18(2)13-22(19(33)3)26-25(23-8-4-5-12-30-23)31-27(34)32(26)16-20-7-6-11-29-15-20/h4-15,25-26H,16H2,1-3H3,(H,31,34)/t25-,26+/m1/s1. The van der Waals surface area contributed by atoms with E-state index >= 15 is 0 Å². The summed E-state index contributed by atoms with van der Waals surface area (Å²) in [4.78, 5) is 11.2. The largest absolute Gasteiger partial charge is 0.352 e. The summed E-state index contributed by atoms with van der Waals surface area (Å²) in [7, 11) is 0. The van der Waals surface area contributed by atoms with Crippen molar-refractivity contribution in [3.63, 3.8) is 0 Å². The third kappa shape index (κ3) is 4.08. The summed E-state index contributed by atoms with van der Waals surface area (Å²) in [6, 6.07) is 18.3. The fourth-order valence-corrected chi connectivity index (χ4v) is 5.36. The molecule has 4 heterocycles. The Morgan fingerprint density at radius 1 is 1.03 bits per heavy atom. The predicted molar refractivity (Wildman–Crippen MR) is 140 cm³/mol. The summed E-state index contributed by atoms with van der Waals surface area (Å²) in [6.07, 6.45) is 5.52. The highest BCUT2D eigenvalue weighted by Crippen LogP contribution is 2.42. The SMILES string of the molecule is Cc1ccc(Cl)cc1-n1c(C)cc([C@H]2[C@@H](c3ccccn3)NC(=S)N2Cc2cccnc2)c1C. The highest BCUT2D eigenvalue weighted by atomic mass is 35.5. The maximum Gasteiger partial charge on any atom is 0.170 e. The highest BCUT2D eigenvalue weighted by molar-refractivity contribution is 7.80. The molecule has 7 heteroatoms. The van der Waals surface area contributed by atoms with Crippen molar-refractivity contribution < 1.29 is 0 Å². The van der Waals surface area contributed by atoms with Crippen molar-refractivity contribution in [2.45, 2.75) is 39.4 Å². The summed E-state index contributed by atoms with van der Waals surface area (Å²) in [6.45, 7) is 7.08. The van der Waals surface area contributed by atoms with E-state index in [0.29, 0.717) is 11.7 Å². The van der Waals surface area contributed by atoms with Crippen LogP contribution in [0.1, 0.15) is 45.9 Å². The Morgan fingerprint density at radius 2 is 1.88 bits per heavy atom. The molecule has 0 bridgehead atoms. The second-order valence-electron chi connectivity index (χ2n) is 8.71. The van der Waals surface area contributed by atoms with Crippen LogP contribution in [0.25, 0.3) is 5.69 Å². The summed E-state index contributed by atoms with van der Waals surface area (Å²) in [5.41, 5.74) is 7.86. The van der Waals surface area contributed by atoms with Gasteiger partial charge in [-0.15, -0.1) is 0 Å². The molecular formula is C27H26ClN5S. The third-order valence-corrected chi connectivity index (χ3v) is 7.06. The molecule has 5 nitrogen and oxygen atoms in total. The molecule has 1 saturated heterocycles. The molecule has 1 aliphatic rings. The molecule has 1 aliphatic heterocycles. The Bertz CT molecular complexity index is 1340. The fourth-order valence-electron chi connectivity index (χ4n) is 4.88. The van der Waals surface area contributed by atoms with Gasteiger partial charge in [0.15, 0.2) is 5.11 Å². The van der Waals surface area contributed by atoms with Crippen LogP contribution in [-0.2, 0) is 6.54 Å². The van der Waals surface area contributed by atoms with Gasteiger partial charge >= 0.3 is 0 Å². The molecule has 172 valence electrons. The summed E-state index contributed by atoms with van der Waals surface area (Å²) in [5.74, 6) is 0. The van der Waals surface area contributed by atoms with Crippen molar-refractivity contribution in [3.8, 4) is 5.69 Å². The Morgan fingerprint density at radius 3 is 2.62 bits per heavy atom. The molecule has 5 rings (SSSR count). The minimum atomic E-state index is -0.0696. The number of pyridine rings is 2. The minimum absolute atomic E-state index is 0.0259. The average Bonchev–Trinajstić information content (AvgIpc) is 3.31. The summed E-state index contributed by atoms with van der Waals surface area (Å²) in [5, 5.41) is 4.99. The van der Waals surface area contributed by atoms with Crippen LogP contribution in [0.5, 0.6) is 0 Å². The van der Waals surface area contributed by atoms with E-state index in [0.717, 1.165) is 33.4 Å². The second kappa shape index (κ2) is 9.20. The maximum atomic E-state index is 6.38. The van der Waals surface area contributed by atoms with Gasteiger partial charge in [-0.3, -0.25) is 9.97 Å². The van der Waals surface area contributed by atoms with Gasteiger partial charge in [0.1, 0.15) is 0 Å². The lowest BCUT2D eigenvalue weighted by atomic mass is 9.96. The lowest BCUT2D eigenvalue weighted by Gasteiger charge is -2.28. The quantitative estimate of drug-likeness (QED) is 0.349. The first kappa shape index (κ1) is 22.6. The van der Waals surface area contributed by atoms with Crippen LogP contribution in [0.4, 0.5) is 0 Å². The summed E-state index contributed by atoms with van der Waals surface area (Å²) >= 11 is 12.2. The van der Waals surface area contributed by atoms with Gasteiger partial charge in [-0.1, -0.05) is 29.8 Å². The molecule has 0 aliphatic carbocycles. The fraction of sp³-hybridized carbons (Fsp3) is 0.222. The van der Waals surface area contributed by atoms with Gasteiger partial charge < -0.3 is 14.8 Å². The van der Waals surface area contributed by atoms with Gasteiger partial charge in [0.2, 0.25) is 0 Å². The zero-order chi connectivity index (χ0) is 23.8. The van der Waals surface area contributed by atoms with E-state index in [1.54, 1.807) is 6.20 Å². The van der Waals surface area contributed by atoms with Crippen molar-refractivity contribution in [3.05, 3.63) is 112 Å². The molecule has 34 heavy (non-hydrogen) atoms. The molecule has 3 aromatic heterocycles. The molecule has 0 spiro atoms. The van der Waals surface area contributed by atoms with Gasteiger partial charge in [0.25, 0.3) is 0 Å². The maximum absolute atomic E-state index is 6.38. The molecule has 4 aromatic rings. The number of thiocarbonyl (C=S) groups is 1. The van der Waals surface area contributed by atoms with E-state index in [9.17, 15) is 0 Å². The van der Waals surface area contributed by atoms with Crippen LogP contribution in [0.15, 0.2) is 73.2 Å². The molecule has 1 fully saturated rings.